The van der Waals surface area contributed by atoms with Crippen LogP contribution in [0.2, 0.25) is 0 Å². The zero-order valence-corrected chi connectivity index (χ0v) is 18.8. The molecule has 0 saturated carbocycles. The normalized spacial score (nSPS) is 19.4. The summed E-state index contributed by atoms with van der Waals surface area (Å²) in [5.74, 6) is 1.91. The van der Waals surface area contributed by atoms with E-state index in [4.69, 9.17) is 4.74 Å². The molecule has 2 atom stereocenters. The molecule has 2 heterocycles. The van der Waals surface area contributed by atoms with Gasteiger partial charge in [-0.15, -0.1) is 11.3 Å². The maximum Gasteiger partial charge on any atom is 0.226 e. The highest BCUT2D eigenvalue weighted by molar-refractivity contribution is 7.13. The zero-order valence-electron chi connectivity index (χ0n) is 18.0. The van der Waals surface area contributed by atoms with Crippen molar-refractivity contribution in [3.05, 3.63) is 40.9 Å². The Kier molecular flexibility index (Phi) is 7.99. The van der Waals surface area contributed by atoms with Gasteiger partial charge in [-0.3, -0.25) is 14.5 Å². The van der Waals surface area contributed by atoms with Crippen LogP contribution in [-0.2, 0) is 11.3 Å². The summed E-state index contributed by atoms with van der Waals surface area (Å²) < 4.78 is 5.38. The Balaban J connectivity index is 1.44. The van der Waals surface area contributed by atoms with Gasteiger partial charge in [-0.25, -0.2) is 4.98 Å². The smallest absolute Gasteiger partial charge is 0.226 e. The minimum Gasteiger partial charge on any atom is -0.494 e. The summed E-state index contributed by atoms with van der Waals surface area (Å²) in [5, 5.41) is 5.43. The molecule has 0 bridgehead atoms. The Bertz CT molecular complexity index is 840. The van der Waals surface area contributed by atoms with Crippen LogP contribution in [0.1, 0.15) is 56.1 Å². The van der Waals surface area contributed by atoms with Crippen molar-refractivity contribution in [2.24, 2.45) is 11.8 Å². The van der Waals surface area contributed by atoms with Gasteiger partial charge in [0.2, 0.25) is 5.91 Å². The van der Waals surface area contributed by atoms with E-state index in [9.17, 15) is 9.59 Å². The van der Waals surface area contributed by atoms with Crippen LogP contribution < -0.4 is 10.1 Å². The third-order valence-corrected chi connectivity index (χ3v) is 6.00. The van der Waals surface area contributed by atoms with E-state index in [1.807, 2.05) is 12.3 Å². The number of carbonyl (C=O) groups is 2. The number of anilines is 1. The van der Waals surface area contributed by atoms with Crippen LogP contribution in [0.25, 0.3) is 0 Å². The molecular formula is C23H31N3O3S. The lowest BCUT2D eigenvalue weighted by atomic mass is 9.92. The number of likely N-dealkylation sites (tertiary alicyclic amines) is 1. The molecule has 2 aromatic rings. The highest BCUT2D eigenvalue weighted by Crippen LogP contribution is 2.24. The second-order valence-electron chi connectivity index (χ2n) is 8.21. The first kappa shape index (κ1) is 22.4. The molecule has 0 aliphatic carbocycles. The number of amides is 1. The van der Waals surface area contributed by atoms with E-state index in [0.29, 0.717) is 29.1 Å². The van der Waals surface area contributed by atoms with Crippen molar-refractivity contribution in [1.82, 2.24) is 9.88 Å². The van der Waals surface area contributed by atoms with Gasteiger partial charge in [0.25, 0.3) is 0 Å². The van der Waals surface area contributed by atoms with E-state index in [2.05, 4.69) is 29.0 Å². The molecule has 1 amide bonds. The summed E-state index contributed by atoms with van der Waals surface area (Å²) in [7, 11) is 0. The average Bonchev–Trinajstić information content (AvgIpc) is 3.12. The minimum atomic E-state index is -0.185. The van der Waals surface area contributed by atoms with Gasteiger partial charge in [0, 0.05) is 43.4 Å². The molecule has 6 nitrogen and oxygen atoms in total. The van der Waals surface area contributed by atoms with Crippen LogP contribution in [0, 0.1) is 11.8 Å². The van der Waals surface area contributed by atoms with Gasteiger partial charge >= 0.3 is 0 Å². The molecule has 3 rings (SSSR count). The lowest BCUT2D eigenvalue weighted by molar-refractivity contribution is -0.116. The summed E-state index contributed by atoms with van der Waals surface area (Å²) in [6, 6.07) is 7.02. The van der Waals surface area contributed by atoms with Gasteiger partial charge in [-0.05, 0) is 49.4 Å². The highest BCUT2D eigenvalue weighted by Gasteiger charge is 2.22. The molecule has 162 valence electrons. The number of ketones is 1. The molecular weight excluding hydrogens is 398 g/mol. The van der Waals surface area contributed by atoms with E-state index in [-0.39, 0.29) is 24.5 Å². The summed E-state index contributed by atoms with van der Waals surface area (Å²) >= 11 is 1.44. The van der Waals surface area contributed by atoms with Crippen molar-refractivity contribution < 1.29 is 14.3 Å². The van der Waals surface area contributed by atoms with Gasteiger partial charge in [0.1, 0.15) is 5.75 Å². The number of nitrogens with one attached hydrogen (secondary N) is 1. The third kappa shape index (κ3) is 6.64. The van der Waals surface area contributed by atoms with Crippen molar-refractivity contribution in [3.8, 4) is 5.75 Å². The number of hydrogen-bond acceptors (Lipinski definition) is 6. The Labute approximate surface area is 182 Å². The van der Waals surface area contributed by atoms with Crippen LogP contribution in [0.4, 0.5) is 5.13 Å². The van der Waals surface area contributed by atoms with E-state index in [0.717, 1.165) is 31.1 Å². The molecule has 1 aromatic heterocycles. The topological polar surface area (TPSA) is 71.5 Å². The number of piperidine rings is 1. The maximum absolute atomic E-state index is 12.3. The Morgan fingerprint density at radius 2 is 1.87 bits per heavy atom. The number of Topliss-reactive ketones (excluding diaryl/α,β-unsaturated/α-hetero) is 1. The molecule has 1 aliphatic rings. The summed E-state index contributed by atoms with van der Waals surface area (Å²) in [6.07, 6.45) is 1.59. The maximum atomic E-state index is 12.3. The first-order valence-electron chi connectivity index (χ1n) is 10.7. The van der Waals surface area contributed by atoms with Gasteiger partial charge in [0.15, 0.2) is 10.9 Å². The summed E-state index contributed by atoms with van der Waals surface area (Å²) in [4.78, 5) is 31.5. The molecule has 1 N–H and O–H groups in total. The van der Waals surface area contributed by atoms with Crippen molar-refractivity contribution in [2.75, 3.05) is 25.0 Å². The first-order valence-corrected chi connectivity index (χ1v) is 11.5. The monoisotopic (exact) mass is 429 g/mol. The van der Waals surface area contributed by atoms with Gasteiger partial charge < -0.3 is 10.1 Å². The average molecular weight is 430 g/mol. The fourth-order valence-corrected chi connectivity index (χ4v) is 4.76. The molecule has 0 spiro atoms. The molecule has 30 heavy (non-hydrogen) atoms. The molecule has 0 radical (unpaired) electrons. The summed E-state index contributed by atoms with van der Waals surface area (Å²) in [6.45, 7) is 10.1. The van der Waals surface area contributed by atoms with E-state index < -0.39 is 0 Å². The van der Waals surface area contributed by atoms with Crippen molar-refractivity contribution >= 4 is 28.2 Å². The van der Waals surface area contributed by atoms with Gasteiger partial charge in [-0.2, -0.15) is 0 Å². The molecule has 2 unspecified atom stereocenters. The van der Waals surface area contributed by atoms with Crippen LogP contribution >= 0.6 is 11.3 Å². The standard InChI is InChI=1S/C23H31N3O3S/c1-4-29-20-7-5-18(6-8-20)21(27)9-10-22(28)25-23-24-19(15-30-23)14-26-12-16(2)11-17(3)13-26/h5-8,15-17H,4,9-14H2,1-3H3,(H,24,25,28). The number of carbonyl (C=O) groups excluding carboxylic acids is 2. The second-order valence-corrected chi connectivity index (χ2v) is 9.07. The predicted molar refractivity (Wildman–Crippen MR) is 120 cm³/mol. The van der Waals surface area contributed by atoms with Gasteiger partial charge in [0.05, 0.1) is 12.3 Å². The SMILES string of the molecule is CCOc1ccc(C(=O)CCC(=O)Nc2nc(CN3CC(C)CC(C)C3)cs2)cc1. The fraction of sp³-hybridized carbons (Fsp3) is 0.522. The zero-order chi connectivity index (χ0) is 21.5. The number of hydrogen-bond donors (Lipinski definition) is 1. The molecule has 1 aromatic carbocycles. The number of rotatable bonds is 9. The van der Waals surface area contributed by atoms with Crippen LogP contribution in [-0.4, -0.2) is 41.3 Å². The second kappa shape index (κ2) is 10.7. The largest absolute Gasteiger partial charge is 0.494 e. The van der Waals surface area contributed by atoms with E-state index >= 15 is 0 Å². The van der Waals surface area contributed by atoms with Crippen LogP contribution in [0.5, 0.6) is 5.75 Å². The third-order valence-electron chi connectivity index (χ3n) is 5.19. The first-order chi connectivity index (χ1) is 14.4. The minimum absolute atomic E-state index is 0.0543. The fourth-order valence-electron chi connectivity index (χ4n) is 4.04. The number of aromatic nitrogens is 1. The van der Waals surface area contributed by atoms with Crippen LogP contribution in [0.15, 0.2) is 29.6 Å². The molecule has 7 heteroatoms. The quantitative estimate of drug-likeness (QED) is 0.589. The van der Waals surface area contributed by atoms with Gasteiger partial charge in [-0.1, -0.05) is 13.8 Å². The van der Waals surface area contributed by atoms with Crippen molar-refractivity contribution in [3.63, 3.8) is 0 Å². The number of ether oxygens (including phenoxy) is 1. The Morgan fingerprint density at radius 1 is 1.17 bits per heavy atom. The molecule has 1 aliphatic heterocycles. The molecule has 1 saturated heterocycles. The number of nitrogens with zero attached hydrogens (tertiary/aromatic N) is 2. The number of thiazole rings is 1. The Morgan fingerprint density at radius 3 is 2.53 bits per heavy atom. The van der Waals surface area contributed by atoms with Crippen molar-refractivity contribution in [1.29, 1.82) is 0 Å². The highest BCUT2D eigenvalue weighted by atomic mass is 32.1. The Hall–Kier alpha value is -2.25. The lowest BCUT2D eigenvalue weighted by Crippen LogP contribution is -2.38. The molecule has 1 fully saturated rings. The van der Waals surface area contributed by atoms with E-state index in [1.54, 1.807) is 24.3 Å². The number of benzene rings is 1. The van der Waals surface area contributed by atoms with Crippen molar-refractivity contribution in [2.45, 2.75) is 46.6 Å². The predicted octanol–water partition coefficient (Wildman–Crippen LogP) is 4.62. The lowest BCUT2D eigenvalue weighted by Gasteiger charge is -2.34. The van der Waals surface area contributed by atoms with Crippen LogP contribution in [0.3, 0.4) is 0 Å². The van der Waals surface area contributed by atoms with E-state index in [1.165, 1.54) is 17.8 Å². The summed E-state index contributed by atoms with van der Waals surface area (Å²) in [5.41, 5.74) is 1.58.